The Hall–Kier alpha value is -2.54. The number of aromatic nitrogens is 4. The van der Waals surface area contributed by atoms with Crippen LogP contribution in [0.2, 0.25) is 0 Å². The Morgan fingerprint density at radius 1 is 1.25 bits per heavy atom. The predicted octanol–water partition coefficient (Wildman–Crippen LogP) is 1.22. The molecule has 0 spiro atoms. The molecular formula is C13H13N5O2. The molecule has 0 radical (unpaired) electrons. The number of carbonyl (C=O) groups is 1. The fourth-order valence-corrected chi connectivity index (χ4v) is 1.90. The highest BCUT2D eigenvalue weighted by molar-refractivity contribution is 5.95. The highest BCUT2D eigenvalue weighted by Crippen LogP contribution is 2.12. The predicted molar refractivity (Wildman–Crippen MR) is 70.9 cm³/mol. The van der Waals surface area contributed by atoms with E-state index in [0.717, 1.165) is 11.0 Å². The number of hydrogen-bond acceptors (Lipinski definition) is 6. The molecule has 2 aromatic heterocycles. The van der Waals surface area contributed by atoms with Gasteiger partial charge in [-0.3, -0.25) is 4.79 Å². The van der Waals surface area contributed by atoms with Gasteiger partial charge in [0.25, 0.3) is 0 Å². The molecule has 1 aromatic carbocycles. The van der Waals surface area contributed by atoms with E-state index < -0.39 is 0 Å². The third-order valence-electron chi connectivity index (χ3n) is 2.90. The summed E-state index contributed by atoms with van der Waals surface area (Å²) in [5.74, 6) is 1.05. The van der Waals surface area contributed by atoms with E-state index in [4.69, 9.17) is 10.2 Å². The molecular weight excluding hydrogens is 258 g/mol. The minimum atomic E-state index is -0.0892. The van der Waals surface area contributed by atoms with Crippen LogP contribution in [0, 0.1) is 0 Å². The van der Waals surface area contributed by atoms with Crippen molar-refractivity contribution in [2.75, 3.05) is 0 Å². The van der Waals surface area contributed by atoms with Crippen LogP contribution in [0.3, 0.4) is 0 Å². The number of ketones is 1. The second-order valence-corrected chi connectivity index (χ2v) is 4.32. The van der Waals surface area contributed by atoms with E-state index >= 15 is 0 Å². The lowest BCUT2D eigenvalue weighted by atomic mass is 10.2. The molecule has 0 unspecified atom stereocenters. The maximum absolute atomic E-state index is 12.1. The number of benzene rings is 1. The molecule has 3 aromatic rings. The lowest BCUT2D eigenvalue weighted by molar-refractivity contribution is 0.0971. The molecule has 0 amide bonds. The van der Waals surface area contributed by atoms with E-state index in [-0.39, 0.29) is 18.7 Å². The van der Waals surface area contributed by atoms with Crippen LogP contribution in [0.5, 0.6) is 0 Å². The lowest BCUT2D eigenvalue weighted by Crippen LogP contribution is -2.03. The molecule has 7 nitrogen and oxygen atoms in total. The highest BCUT2D eigenvalue weighted by atomic mass is 16.4. The zero-order valence-corrected chi connectivity index (χ0v) is 10.7. The summed E-state index contributed by atoms with van der Waals surface area (Å²) in [4.78, 5) is 19.3. The van der Waals surface area contributed by atoms with Crippen molar-refractivity contribution in [3.8, 4) is 0 Å². The van der Waals surface area contributed by atoms with Crippen LogP contribution in [0.15, 0.2) is 28.7 Å². The molecule has 0 saturated heterocycles. The van der Waals surface area contributed by atoms with Gasteiger partial charge in [-0.15, -0.1) is 10.2 Å². The standard InChI is InChI=1S/C13H13N5O2/c14-7-12-18-17-11(20-12)6-5-10(19)13-15-8-3-1-2-4-9(8)16-13/h1-4H,5-7,14H2,(H,15,16). The molecule has 0 saturated carbocycles. The van der Waals surface area contributed by atoms with Gasteiger partial charge in [0.15, 0.2) is 11.6 Å². The monoisotopic (exact) mass is 271 g/mol. The van der Waals surface area contributed by atoms with Crippen molar-refractivity contribution >= 4 is 16.8 Å². The number of aromatic amines is 1. The summed E-state index contributed by atoms with van der Waals surface area (Å²) < 4.78 is 5.25. The Labute approximate surface area is 114 Å². The van der Waals surface area contributed by atoms with Gasteiger partial charge in [-0.05, 0) is 12.1 Å². The molecule has 0 atom stereocenters. The van der Waals surface area contributed by atoms with Crippen LogP contribution in [0.1, 0.15) is 28.8 Å². The quantitative estimate of drug-likeness (QED) is 0.675. The Kier molecular flexibility index (Phi) is 3.26. The average molecular weight is 271 g/mol. The van der Waals surface area contributed by atoms with E-state index in [0.29, 0.717) is 24.0 Å². The summed E-state index contributed by atoms with van der Waals surface area (Å²) >= 11 is 0. The number of aryl methyl sites for hydroxylation is 1. The number of imidazole rings is 1. The normalized spacial score (nSPS) is 11.1. The molecule has 0 aliphatic carbocycles. The molecule has 2 heterocycles. The van der Waals surface area contributed by atoms with Crippen molar-refractivity contribution in [2.24, 2.45) is 5.73 Å². The van der Waals surface area contributed by atoms with Gasteiger partial charge in [0, 0.05) is 12.8 Å². The minimum Gasteiger partial charge on any atom is -0.424 e. The van der Waals surface area contributed by atoms with E-state index in [9.17, 15) is 4.79 Å². The van der Waals surface area contributed by atoms with Crippen molar-refractivity contribution in [1.82, 2.24) is 20.2 Å². The Balaban J connectivity index is 1.69. The number of Topliss-reactive ketones (excluding diaryl/α,β-unsaturated/α-hetero) is 1. The molecule has 3 rings (SSSR count). The fraction of sp³-hybridized carbons (Fsp3) is 0.231. The van der Waals surface area contributed by atoms with Crippen LogP contribution in [0.4, 0.5) is 0 Å². The average Bonchev–Trinajstić information content (AvgIpc) is 3.10. The van der Waals surface area contributed by atoms with Crippen molar-refractivity contribution in [3.05, 3.63) is 41.9 Å². The largest absolute Gasteiger partial charge is 0.424 e. The first-order valence-electron chi connectivity index (χ1n) is 6.25. The van der Waals surface area contributed by atoms with Crippen molar-refractivity contribution < 1.29 is 9.21 Å². The van der Waals surface area contributed by atoms with E-state index in [1.807, 2.05) is 24.3 Å². The van der Waals surface area contributed by atoms with Gasteiger partial charge in [-0.2, -0.15) is 0 Å². The highest BCUT2D eigenvalue weighted by Gasteiger charge is 2.13. The first-order valence-corrected chi connectivity index (χ1v) is 6.25. The molecule has 0 aliphatic rings. The van der Waals surface area contributed by atoms with Gasteiger partial charge in [0.1, 0.15) is 0 Å². The number of fused-ring (bicyclic) bond motifs is 1. The Bertz CT molecular complexity index is 713. The first kappa shape index (κ1) is 12.5. The number of carbonyl (C=O) groups excluding carboxylic acids is 1. The Morgan fingerprint density at radius 2 is 2.05 bits per heavy atom. The van der Waals surface area contributed by atoms with Crippen LogP contribution in [-0.4, -0.2) is 25.9 Å². The first-order chi connectivity index (χ1) is 9.76. The van der Waals surface area contributed by atoms with Gasteiger partial charge in [-0.1, -0.05) is 12.1 Å². The molecule has 102 valence electrons. The summed E-state index contributed by atoms with van der Waals surface area (Å²) in [6.45, 7) is 0.199. The summed E-state index contributed by atoms with van der Waals surface area (Å²) in [6.07, 6.45) is 0.634. The number of nitrogens with zero attached hydrogens (tertiary/aromatic N) is 3. The fourth-order valence-electron chi connectivity index (χ4n) is 1.90. The maximum atomic E-state index is 12.1. The molecule has 0 fully saturated rings. The summed E-state index contributed by atoms with van der Waals surface area (Å²) in [5.41, 5.74) is 7.00. The summed E-state index contributed by atoms with van der Waals surface area (Å²) in [5, 5.41) is 7.56. The number of hydrogen-bond donors (Lipinski definition) is 2. The van der Waals surface area contributed by atoms with E-state index in [2.05, 4.69) is 20.2 Å². The van der Waals surface area contributed by atoms with Crippen LogP contribution in [0.25, 0.3) is 11.0 Å². The molecule has 7 heteroatoms. The lowest BCUT2D eigenvalue weighted by Gasteiger charge is -1.93. The number of rotatable bonds is 5. The summed E-state index contributed by atoms with van der Waals surface area (Å²) in [7, 11) is 0. The van der Waals surface area contributed by atoms with Gasteiger partial charge in [0.2, 0.25) is 11.8 Å². The zero-order valence-electron chi connectivity index (χ0n) is 10.7. The second-order valence-electron chi connectivity index (χ2n) is 4.32. The van der Waals surface area contributed by atoms with Crippen molar-refractivity contribution in [1.29, 1.82) is 0 Å². The van der Waals surface area contributed by atoms with Crippen molar-refractivity contribution in [2.45, 2.75) is 19.4 Å². The second kappa shape index (κ2) is 5.22. The van der Waals surface area contributed by atoms with Gasteiger partial charge < -0.3 is 15.1 Å². The van der Waals surface area contributed by atoms with Crippen LogP contribution < -0.4 is 5.73 Å². The molecule has 3 N–H and O–H groups in total. The number of nitrogens with two attached hydrogens (primary N) is 1. The molecule has 20 heavy (non-hydrogen) atoms. The van der Waals surface area contributed by atoms with Gasteiger partial charge in [-0.25, -0.2) is 4.98 Å². The summed E-state index contributed by atoms with van der Waals surface area (Å²) in [6, 6.07) is 7.50. The van der Waals surface area contributed by atoms with Crippen LogP contribution in [-0.2, 0) is 13.0 Å². The van der Waals surface area contributed by atoms with E-state index in [1.165, 1.54) is 0 Å². The Morgan fingerprint density at radius 3 is 2.80 bits per heavy atom. The third kappa shape index (κ3) is 2.43. The number of para-hydroxylation sites is 2. The zero-order chi connectivity index (χ0) is 13.9. The van der Waals surface area contributed by atoms with E-state index in [1.54, 1.807) is 0 Å². The maximum Gasteiger partial charge on any atom is 0.230 e. The number of H-pyrrole nitrogens is 1. The van der Waals surface area contributed by atoms with Crippen LogP contribution >= 0.6 is 0 Å². The molecule has 0 bridgehead atoms. The SMILES string of the molecule is NCc1nnc(CCC(=O)c2nc3ccccc3[nH]2)o1. The third-order valence-corrected chi connectivity index (χ3v) is 2.90. The molecule has 0 aliphatic heterocycles. The van der Waals surface area contributed by atoms with Gasteiger partial charge in [0.05, 0.1) is 17.6 Å². The number of nitrogens with one attached hydrogen (secondary N) is 1. The smallest absolute Gasteiger partial charge is 0.230 e. The minimum absolute atomic E-state index is 0.0892. The topological polar surface area (TPSA) is 111 Å². The van der Waals surface area contributed by atoms with Gasteiger partial charge >= 0.3 is 0 Å². The van der Waals surface area contributed by atoms with Crippen molar-refractivity contribution in [3.63, 3.8) is 0 Å².